The molecular formula is C12H17N3O3S. The second-order valence-electron chi connectivity index (χ2n) is 5.13. The summed E-state index contributed by atoms with van der Waals surface area (Å²) in [4.78, 5) is 2.19. The molecule has 2 fully saturated rings. The van der Waals surface area contributed by atoms with Crippen LogP contribution in [0, 0.1) is 0 Å². The number of nitrogens with two attached hydrogens (primary N) is 2. The van der Waals surface area contributed by atoms with Crippen LogP contribution in [0.5, 0.6) is 0 Å². The van der Waals surface area contributed by atoms with Crippen LogP contribution in [0.3, 0.4) is 0 Å². The molecule has 0 aliphatic carbocycles. The van der Waals surface area contributed by atoms with Gasteiger partial charge in [-0.05, 0) is 31.0 Å². The average molecular weight is 283 g/mol. The molecule has 104 valence electrons. The number of nitrogen functional groups attached to an aromatic ring is 1. The van der Waals surface area contributed by atoms with Gasteiger partial charge in [-0.15, -0.1) is 0 Å². The van der Waals surface area contributed by atoms with Crippen molar-refractivity contribution >= 4 is 21.4 Å². The van der Waals surface area contributed by atoms with Crippen LogP contribution in [0.2, 0.25) is 0 Å². The summed E-state index contributed by atoms with van der Waals surface area (Å²) in [7, 11) is -3.71. The fourth-order valence-corrected chi connectivity index (χ4v) is 3.32. The molecule has 0 saturated carbocycles. The molecule has 0 aromatic heterocycles. The molecule has 2 saturated heterocycles. The zero-order chi connectivity index (χ0) is 13.6. The zero-order valence-corrected chi connectivity index (χ0v) is 11.3. The summed E-state index contributed by atoms with van der Waals surface area (Å²) in [6.45, 7) is 1.49. The summed E-state index contributed by atoms with van der Waals surface area (Å²) in [5.74, 6) is 0. The van der Waals surface area contributed by atoms with Crippen LogP contribution in [0.15, 0.2) is 23.1 Å². The van der Waals surface area contributed by atoms with E-state index in [0.29, 0.717) is 5.69 Å². The van der Waals surface area contributed by atoms with Crippen molar-refractivity contribution in [2.24, 2.45) is 5.14 Å². The summed E-state index contributed by atoms with van der Waals surface area (Å²) >= 11 is 0. The second-order valence-corrected chi connectivity index (χ2v) is 6.69. The normalized spacial score (nSPS) is 26.7. The molecule has 6 nitrogen and oxygen atoms in total. The molecule has 2 unspecified atom stereocenters. The molecule has 2 aliphatic rings. The van der Waals surface area contributed by atoms with Gasteiger partial charge in [0.05, 0.1) is 28.5 Å². The lowest BCUT2D eigenvalue weighted by Gasteiger charge is -2.34. The molecule has 7 heteroatoms. The summed E-state index contributed by atoms with van der Waals surface area (Å²) in [5.41, 5.74) is 7.25. The minimum atomic E-state index is -3.71. The lowest BCUT2D eigenvalue weighted by atomic mass is 10.2. The largest absolute Gasteiger partial charge is 0.397 e. The summed E-state index contributed by atoms with van der Waals surface area (Å²) < 4.78 is 28.6. The molecule has 4 N–H and O–H groups in total. The maximum atomic E-state index is 11.4. The maximum absolute atomic E-state index is 11.4. The predicted molar refractivity (Wildman–Crippen MR) is 72.3 cm³/mol. The van der Waals surface area contributed by atoms with Gasteiger partial charge in [0.25, 0.3) is 0 Å². The van der Waals surface area contributed by atoms with Crippen LogP contribution >= 0.6 is 0 Å². The van der Waals surface area contributed by atoms with Gasteiger partial charge in [-0.1, -0.05) is 0 Å². The minimum Gasteiger partial charge on any atom is -0.397 e. The third kappa shape index (κ3) is 2.41. The van der Waals surface area contributed by atoms with Gasteiger partial charge in [0.2, 0.25) is 10.0 Å². The number of benzene rings is 1. The highest BCUT2D eigenvalue weighted by Crippen LogP contribution is 2.33. The quantitative estimate of drug-likeness (QED) is 0.760. The Morgan fingerprint density at radius 3 is 2.42 bits per heavy atom. The number of rotatable bonds is 2. The summed E-state index contributed by atoms with van der Waals surface area (Å²) in [5, 5.41) is 5.16. The van der Waals surface area contributed by atoms with Gasteiger partial charge in [0, 0.05) is 13.1 Å². The molecule has 1 aromatic carbocycles. The number of ether oxygens (including phenoxy) is 1. The molecule has 2 heterocycles. The maximum Gasteiger partial charge on any atom is 0.238 e. The van der Waals surface area contributed by atoms with E-state index in [0.717, 1.165) is 31.6 Å². The molecule has 2 bridgehead atoms. The van der Waals surface area contributed by atoms with Crippen LogP contribution < -0.4 is 15.8 Å². The summed E-state index contributed by atoms with van der Waals surface area (Å²) in [6, 6.07) is 4.57. The van der Waals surface area contributed by atoms with Crippen molar-refractivity contribution in [2.45, 2.75) is 29.9 Å². The second kappa shape index (κ2) is 4.36. The summed E-state index contributed by atoms with van der Waals surface area (Å²) in [6.07, 6.45) is 2.54. The van der Waals surface area contributed by atoms with E-state index in [-0.39, 0.29) is 17.1 Å². The highest BCUT2D eigenvalue weighted by molar-refractivity contribution is 7.89. The number of hydrogen-bond acceptors (Lipinski definition) is 5. The first-order valence-corrected chi connectivity index (χ1v) is 7.81. The third-order valence-electron chi connectivity index (χ3n) is 3.71. The highest BCUT2D eigenvalue weighted by Gasteiger charge is 2.34. The van der Waals surface area contributed by atoms with E-state index in [2.05, 4.69) is 4.90 Å². The number of nitrogens with zero attached hydrogens (tertiary/aromatic N) is 1. The first kappa shape index (κ1) is 12.7. The van der Waals surface area contributed by atoms with Gasteiger partial charge in [0.15, 0.2) is 0 Å². The van der Waals surface area contributed by atoms with Crippen molar-refractivity contribution in [3.8, 4) is 0 Å². The van der Waals surface area contributed by atoms with Crippen LogP contribution in [0.25, 0.3) is 0 Å². The first-order valence-electron chi connectivity index (χ1n) is 6.26. The van der Waals surface area contributed by atoms with E-state index < -0.39 is 10.0 Å². The zero-order valence-electron chi connectivity index (χ0n) is 10.5. The molecule has 3 rings (SSSR count). The molecule has 0 amide bonds. The number of sulfonamides is 1. The third-order valence-corrected chi connectivity index (χ3v) is 4.63. The van der Waals surface area contributed by atoms with Crippen LogP contribution in [-0.2, 0) is 14.8 Å². The van der Waals surface area contributed by atoms with Gasteiger partial charge < -0.3 is 15.4 Å². The van der Waals surface area contributed by atoms with Crippen molar-refractivity contribution in [1.29, 1.82) is 0 Å². The van der Waals surface area contributed by atoms with Crippen molar-refractivity contribution in [1.82, 2.24) is 0 Å². The topological polar surface area (TPSA) is 98.7 Å². The van der Waals surface area contributed by atoms with Gasteiger partial charge >= 0.3 is 0 Å². The van der Waals surface area contributed by atoms with E-state index in [4.69, 9.17) is 15.6 Å². The Morgan fingerprint density at radius 1 is 1.21 bits per heavy atom. The first-order chi connectivity index (χ1) is 8.93. The van der Waals surface area contributed by atoms with E-state index >= 15 is 0 Å². The van der Waals surface area contributed by atoms with Crippen molar-refractivity contribution in [3.05, 3.63) is 18.2 Å². The molecule has 0 radical (unpaired) electrons. The monoisotopic (exact) mass is 283 g/mol. The Kier molecular flexibility index (Phi) is 2.92. The van der Waals surface area contributed by atoms with Crippen molar-refractivity contribution in [3.63, 3.8) is 0 Å². The Bertz CT molecular complexity index is 590. The van der Waals surface area contributed by atoms with Crippen molar-refractivity contribution in [2.75, 3.05) is 23.7 Å². The van der Waals surface area contributed by atoms with Gasteiger partial charge in [-0.3, -0.25) is 0 Å². The van der Waals surface area contributed by atoms with Gasteiger partial charge in [-0.2, -0.15) is 0 Å². The predicted octanol–water partition coefficient (Wildman–Crippen LogP) is 0.284. The molecule has 2 aliphatic heterocycles. The SMILES string of the molecule is Nc1ccc(S(N)(=O)=O)cc1N1CC2CCC(C1)O2. The van der Waals surface area contributed by atoms with E-state index in [1.54, 1.807) is 12.1 Å². The highest BCUT2D eigenvalue weighted by atomic mass is 32.2. The number of morpholine rings is 1. The lowest BCUT2D eigenvalue weighted by Crippen LogP contribution is -2.43. The standard InChI is InChI=1S/C12H17N3O3S/c13-11-4-3-10(19(14,16)17)5-12(11)15-6-8-1-2-9(7-15)18-8/h3-5,8-9H,1-2,6-7,13H2,(H2,14,16,17). The Labute approximate surface area is 112 Å². The minimum absolute atomic E-state index is 0.0931. The van der Waals surface area contributed by atoms with E-state index in [1.807, 2.05) is 0 Å². The van der Waals surface area contributed by atoms with Crippen LogP contribution in [-0.4, -0.2) is 33.7 Å². The number of anilines is 2. The Morgan fingerprint density at radius 2 is 1.84 bits per heavy atom. The molecule has 1 aromatic rings. The number of fused-ring (bicyclic) bond motifs is 2. The smallest absolute Gasteiger partial charge is 0.238 e. The Hall–Kier alpha value is -1.31. The van der Waals surface area contributed by atoms with E-state index in [1.165, 1.54) is 6.07 Å². The van der Waals surface area contributed by atoms with E-state index in [9.17, 15) is 8.42 Å². The van der Waals surface area contributed by atoms with Gasteiger partial charge in [-0.25, -0.2) is 13.6 Å². The molecular weight excluding hydrogens is 266 g/mol. The fourth-order valence-electron chi connectivity index (χ4n) is 2.79. The van der Waals surface area contributed by atoms with Crippen LogP contribution in [0.1, 0.15) is 12.8 Å². The number of hydrogen-bond donors (Lipinski definition) is 2. The average Bonchev–Trinajstić information content (AvgIpc) is 2.67. The molecule has 19 heavy (non-hydrogen) atoms. The van der Waals surface area contributed by atoms with Crippen LogP contribution in [0.4, 0.5) is 11.4 Å². The Balaban J connectivity index is 1.96. The van der Waals surface area contributed by atoms with Crippen molar-refractivity contribution < 1.29 is 13.2 Å². The van der Waals surface area contributed by atoms with Gasteiger partial charge in [0.1, 0.15) is 0 Å². The molecule has 2 atom stereocenters. The lowest BCUT2D eigenvalue weighted by molar-refractivity contribution is 0.0305. The fraction of sp³-hybridized carbons (Fsp3) is 0.500. The number of primary sulfonamides is 1. The molecule has 0 spiro atoms.